The summed E-state index contributed by atoms with van der Waals surface area (Å²) in [5.41, 5.74) is 2.97. The van der Waals surface area contributed by atoms with Gasteiger partial charge in [-0.25, -0.2) is 0 Å². The molecule has 1 N–H and O–H groups in total. The second-order valence-electron chi connectivity index (χ2n) is 5.10. The Morgan fingerprint density at radius 1 is 0.900 bits per heavy atom. The first kappa shape index (κ1) is 12.8. The summed E-state index contributed by atoms with van der Waals surface area (Å²) in [6, 6.07) is 20.0. The van der Waals surface area contributed by atoms with Gasteiger partial charge in [-0.2, -0.15) is 0 Å². The maximum atomic E-state index is 10.6. The van der Waals surface area contributed by atoms with Crippen molar-refractivity contribution in [3.05, 3.63) is 78.0 Å². The Labute approximate surface area is 118 Å². The van der Waals surface area contributed by atoms with Gasteiger partial charge in [0, 0.05) is 17.5 Å². The van der Waals surface area contributed by atoms with E-state index in [2.05, 4.69) is 4.98 Å². The van der Waals surface area contributed by atoms with Crippen molar-refractivity contribution in [2.24, 2.45) is 0 Å². The van der Waals surface area contributed by atoms with Crippen LogP contribution in [0.25, 0.3) is 10.9 Å². The standard InChI is InChI=1S/C18H17NO/c1-13(14-6-3-2-4-7-14)18(20)16-10-9-15-8-5-11-19-17(15)12-16/h2-13,18,20H,1H3. The number of aliphatic hydroxyl groups is 1. The number of aromatic nitrogens is 1. The Morgan fingerprint density at radius 3 is 2.50 bits per heavy atom. The average Bonchev–Trinajstić information content (AvgIpc) is 2.54. The molecule has 0 saturated heterocycles. The van der Waals surface area contributed by atoms with Crippen LogP contribution in [0.1, 0.15) is 30.1 Å². The zero-order valence-electron chi connectivity index (χ0n) is 11.4. The van der Waals surface area contributed by atoms with Gasteiger partial charge in [-0.1, -0.05) is 55.5 Å². The number of pyridine rings is 1. The third kappa shape index (κ3) is 2.43. The van der Waals surface area contributed by atoms with Crippen LogP contribution in [-0.2, 0) is 0 Å². The fraction of sp³-hybridized carbons (Fsp3) is 0.167. The van der Waals surface area contributed by atoms with Gasteiger partial charge in [-0.15, -0.1) is 0 Å². The Morgan fingerprint density at radius 2 is 1.70 bits per heavy atom. The van der Waals surface area contributed by atoms with Crippen LogP contribution < -0.4 is 0 Å². The third-order valence-electron chi connectivity index (χ3n) is 3.77. The van der Waals surface area contributed by atoms with Crippen molar-refractivity contribution in [3.63, 3.8) is 0 Å². The average molecular weight is 263 g/mol. The minimum atomic E-state index is -0.524. The van der Waals surface area contributed by atoms with Gasteiger partial charge in [0.05, 0.1) is 11.6 Å². The van der Waals surface area contributed by atoms with Crippen LogP contribution in [0.15, 0.2) is 66.9 Å². The molecule has 1 heterocycles. The quantitative estimate of drug-likeness (QED) is 0.772. The Balaban J connectivity index is 1.94. The van der Waals surface area contributed by atoms with E-state index < -0.39 is 6.10 Å². The number of rotatable bonds is 3. The normalized spacial score (nSPS) is 14.1. The van der Waals surface area contributed by atoms with Crippen LogP contribution >= 0.6 is 0 Å². The highest BCUT2D eigenvalue weighted by molar-refractivity contribution is 5.78. The molecule has 0 radical (unpaired) electrons. The van der Waals surface area contributed by atoms with Gasteiger partial charge >= 0.3 is 0 Å². The summed E-state index contributed by atoms with van der Waals surface area (Å²) in [5.74, 6) is 0.0531. The zero-order chi connectivity index (χ0) is 13.9. The fourth-order valence-electron chi connectivity index (χ4n) is 2.50. The predicted octanol–water partition coefficient (Wildman–Crippen LogP) is 4.07. The Hall–Kier alpha value is -2.19. The lowest BCUT2D eigenvalue weighted by Crippen LogP contribution is -2.07. The van der Waals surface area contributed by atoms with Crippen molar-refractivity contribution >= 4 is 10.9 Å². The smallest absolute Gasteiger partial charge is 0.0856 e. The van der Waals surface area contributed by atoms with E-state index in [1.165, 1.54) is 0 Å². The van der Waals surface area contributed by atoms with E-state index in [1.807, 2.05) is 67.6 Å². The van der Waals surface area contributed by atoms with Gasteiger partial charge < -0.3 is 5.11 Å². The molecule has 2 unspecified atom stereocenters. The Bertz CT molecular complexity index is 709. The molecule has 3 rings (SSSR count). The fourth-order valence-corrected chi connectivity index (χ4v) is 2.50. The van der Waals surface area contributed by atoms with E-state index in [0.717, 1.165) is 22.0 Å². The molecule has 2 aromatic carbocycles. The SMILES string of the molecule is CC(c1ccccc1)C(O)c1ccc2cccnc2c1. The molecule has 20 heavy (non-hydrogen) atoms. The molecule has 3 aromatic rings. The van der Waals surface area contributed by atoms with Crippen molar-refractivity contribution in [3.8, 4) is 0 Å². The first-order valence-corrected chi connectivity index (χ1v) is 6.83. The highest BCUT2D eigenvalue weighted by Gasteiger charge is 2.18. The summed E-state index contributed by atoms with van der Waals surface area (Å²) in [4.78, 5) is 4.35. The van der Waals surface area contributed by atoms with E-state index in [1.54, 1.807) is 6.20 Å². The van der Waals surface area contributed by atoms with Crippen LogP contribution in [0.2, 0.25) is 0 Å². The third-order valence-corrected chi connectivity index (χ3v) is 3.77. The second-order valence-corrected chi connectivity index (χ2v) is 5.10. The molecule has 0 aliphatic carbocycles. The molecule has 0 aliphatic heterocycles. The van der Waals surface area contributed by atoms with Gasteiger partial charge in [0.1, 0.15) is 0 Å². The van der Waals surface area contributed by atoms with Crippen molar-refractivity contribution < 1.29 is 5.11 Å². The van der Waals surface area contributed by atoms with Crippen molar-refractivity contribution in [1.82, 2.24) is 4.98 Å². The molecule has 2 atom stereocenters. The van der Waals surface area contributed by atoms with Crippen LogP contribution in [0.3, 0.4) is 0 Å². The molecule has 2 nitrogen and oxygen atoms in total. The zero-order valence-corrected chi connectivity index (χ0v) is 11.4. The molecular formula is C18H17NO. The van der Waals surface area contributed by atoms with E-state index >= 15 is 0 Å². The lowest BCUT2D eigenvalue weighted by atomic mass is 9.90. The van der Waals surface area contributed by atoms with Crippen molar-refractivity contribution in [2.75, 3.05) is 0 Å². The van der Waals surface area contributed by atoms with Gasteiger partial charge in [-0.05, 0) is 23.3 Å². The summed E-state index contributed by atoms with van der Waals surface area (Å²) in [5, 5.41) is 11.7. The van der Waals surface area contributed by atoms with Gasteiger partial charge in [-0.3, -0.25) is 4.98 Å². The van der Waals surface area contributed by atoms with E-state index in [-0.39, 0.29) is 5.92 Å². The van der Waals surface area contributed by atoms with E-state index in [9.17, 15) is 5.11 Å². The largest absolute Gasteiger partial charge is 0.388 e. The first-order valence-electron chi connectivity index (χ1n) is 6.83. The molecule has 0 spiro atoms. The van der Waals surface area contributed by atoms with Crippen LogP contribution in [0.4, 0.5) is 0 Å². The second kappa shape index (κ2) is 5.43. The minimum absolute atomic E-state index is 0.0531. The van der Waals surface area contributed by atoms with Crippen LogP contribution in [0, 0.1) is 0 Å². The molecule has 0 saturated carbocycles. The number of nitrogens with zero attached hydrogens (tertiary/aromatic N) is 1. The number of aliphatic hydroxyl groups excluding tert-OH is 1. The molecule has 0 aliphatic rings. The van der Waals surface area contributed by atoms with E-state index in [4.69, 9.17) is 0 Å². The van der Waals surface area contributed by atoms with Crippen LogP contribution in [0.5, 0.6) is 0 Å². The monoisotopic (exact) mass is 263 g/mol. The maximum absolute atomic E-state index is 10.6. The highest BCUT2D eigenvalue weighted by atomic mass is 16.3. The van der Waals surface area contributed by atoms with Crippen molar-refractivity contribution in [2.45, 2.75) is 18.9 Å². The molecule has 2 heteroatoms. The Kier molecular flexibility index (Phi) is 3.48. The first-order chi connectivity index (χ1) is 9.75. The van der Waals surface area contributed by atoms with Gasteiger partial charge in [0.15, 0.2) is 0 Å². The molecule has 0 bridgehead atoms. The summed E-state index contributed by atoms with van der Waals surface area (Å²) in [7, 11) is 0. The molecule has 100 valence electrons. The van der Waals surface area contributed by atoms with Gasteiger partial charge in [0.2, 0.25) is 0 Å². The summed E-state index contributed by atoms with van der Waals surface area (Å²) in [6.07, 6.45) is 1.25. The lowest BCUT2D eigenvalue weighted by Gasteiger charge is -2.20. The minimum Gasteiger partial charge on any atom is -0.388 e. The van der Waals surface area contributed by atoms with Crippen molar-refractivity contribution in [1.29, 1.82) is 0 Å². The van der Waals surface area contributed by atoms with E-state index in [0.29, 0.717) is 0 Å². The molecule has 0 fully saturated rings. The topological polar surface area (TPSA) is 33.1 Å². The summed E-state index contributed by atoms with van der Waals surface area (Å²) >= 11 is 0. The number of benzene rings is 2. The maximum Gasteiger partial charge on any atom is 0.0856 e. The summed E-state index contributed by atoms with van der Waals surface area (Å²) in [6.45, 7) is 2.04. The van der Waals surface area contributed by atoms with Crippen LogP contribution in [-0.4, -0.2) is 10.1 Å². The molecule has 1 aromatic heterocycles. The lowest BCUT2D eigenvalue weighted by molar-refractivity contribution is 0.152. The molecular weight excluding hydrogens is 246 g/mol. The highest BCUT2D eigenvalue weighted by Crippen LogP contribution is 2.31. The summed E-state index contributed by atoms with van der Waals surface area (Å²) < 4.78 is 0. The predicted molar refractivity (Wildman–Crippen MR) is 81.6 cm³/mol. The number of hydrogen-bond donors (Lipinski definition) is 1. The van der Waals surface area contributed by atoms with Gasteiger partial charge in [0.25, 0.3) is 0 Å². The number of fused-ring (bicyclic) bond motifs is 1. The number of hydrogen-bond acceptors (Lipinski definition) is 2. The molecule has 0 amide bonds.